The van der Waals surface area contributed by atoms with Gasteiger partial charge in [-0.05, 0) is 50.3 Å². The van der Waals surface area contributed by atoms with Crippen molar-refractivity contribution >= 4 is 18.0 Å². The molecule has 0 radical (unpaired) electrons. The van der Waals surface area contributed by atoms with Gasteiger partial charge in [0.15, 0.2) is 24.2 Å². The first-order valence-electron chi connectivity index (χ1n) is 9.88. The van der Waals surface area contributed by atoms with E-state index in [0.29, 0.717) is 17.4 Å². The van der Waals surface area contributed by atoms with E-state index in [4.69, 9.17) is 14.2 Å². The first kappa shape index (κ1) is 21.8. The van der Waals surface area contributed by atoms with Gasteiger partial charge in [-0.1, -0.05) is 38.0 Å². The Kier molecular flexibility index (Phi) is 8.36. The monoisotopic (exact) mass is 389 g/mol. The van der Waals surface area contributed by atoms with Gasteiger partial charge in [-0.3, -0.25) is 4.79 Å². The van der Waals surface area contributed by atoms with E-state index in [1.807, 2.05) is 31.2 Å². The second-order valence-electron chi connectivity index (χ2n) is 7.21. The number of carbonyl (C=O) groups is 2. The molecule has 0 saturated heterocycles. The molecular weight excluding hydrogens is 358 g/mol. The van der Waals surface area contributed by atoms with Gasteiger partial charge in [-0.15, -0.1) is 0 Å². The Morgan fingerprint density at radius 2 is 2.00 bits per heavy atom. The Labute approximate surface area is 167 Å². The Morgan fingerprint density at radius 3 is 2.68 bits per heavy atom. The second kappa shape index (κ2) is 10.7. The molecular formula is C22H31NO5. The summed E-state index contributed by atoms with van der Waals surface area (Å²) >= 11 is 0. The van der Waals surface area contributed by atoms with Gasteiger partial charge in [-0.2, -0.15) is 0 Å². The van der Waals surface area contributed by atoms with Crippen molar-refractivity contribution in [2.24, 2.45) is 5.92 Å². The lowest BCUT2D eigenvalue weighted by atomic mass is 9.86. The minimum Gasteiger partial charge on any atom is -0.493 e. The zero-order valence-electron chi connectivity index (χ0n) is 17.2. The molecule has 2 rings (SSSR count). The third-order valence-electron chi connectivity index (χ3n) is 5.01. The van der Waals surface area contributed by atoms with Gasteiger partial charge >= 0.3 is 5.97 Å². The smallest absolute Gasteiger partial charge is 0.344 e. The number of rotatable bonds is 8. The van der Waals surface area contributed by atoms with Gasteiger partial charge < -0.3 is 19.5 Å². The standard InChI is InChI=1S/C22H31NO5/c1-5-8-17-11-12-19(20(13-17)26-4)27-14-21(24)28-16(3)22(25)23-18-10-7-6-9-15(18)2/h5,8,11-13,15-16,18H,6-7,9-10,14H2,1-4H3,(H,23,25)/b8-5+/t15-,16-,18-/m0/s1. The molecule has 1 aromatic rings. The van der Waals surface area contributed by atoms with Crippen LogP contribution in [0.15, 0.2) is 24.3 Å². The predicted octanol–water partition coefficient (Wildman–Crippen LogP) is 3.73. The maximum absolute atomic E-state index is 12.3. The molecule has 1 fully saturated rings. The molecule has 1 N–H and O–H groups in total. The summed E-state index contributed by atoms with van der Waals surface area (Å²) in [5.41, 5.74) is 0.969. The van der Waals surface area contributed by atoms with Crippen LogP contribution in [0.3, 0.4) is 0 Å². The number of esters is 1. The lowest BCUT2D eigenvalue weighted by Crippen LogP contribution is -2.46. The summed E-state index contributed by atoms with van der Waals surface area (Å²) in [6.45, 7) is 5.35. The number of benzene rings is 1. The van der Waals surface area contributed by atoms with Crippen molar-refractivity contribution in [3.05, 3.63) is 29.8 Å². The van der Waals surface area contributed by atoms with Crippen LogP contribution >= 0.6 is 0 Å². The van der Waals surface area contributed by atoms with Crippen LogP contribution in [0.4, 0.5) is 0 Å². The van der Waals surface area contributed by atoms with Crippen molar-refractivity contribution in [2.75, 3.05) is 13.7 Å². The van der Waals surface area contributed by atoms with Crippen LogP contribution in [-0.2, 0) is 14.3 Å². The SMILES string of the molecule is C/C=C/c1ccc(OCC(=O)O[C@@H](C)C(=O)N[C@H]2CCCC[C@@H]2C)c(OC)c1. The topological polar surface area (TPSA) is 73.9 Å². The summed E-state index contributed by atoms with van der Waals surface area (Å²) < 4.78 is 16.0. The summed E-state index contributed by atoms with van der Waals surface area (Å²) in [5, 5.41) is 3.00. The summed E-state index contributed by atoms with van der Waals surface area (Å²) in [6, 6.07) is 5.58. The van der Waals surface area contributed by atoms with Crippen LogP contribution < -0.4 is 14.8 Å². The summed E-state index contributed by atoms with van der Waals surface area (Å²) in [7, 11) is 1.54. The minimum atomic E-state index is -0.857. The number of carbonyl (C=O) groups excluding carboxylic acids is 2. The van der Waals surface area contributed by atoms with Gasteiger partial charge in [0.1, 0.15) is 0 Å². The lowest BCUT2D eigenvalue weighted by molar-refractivity contribution is -0.157. The van der Waals surface area contributed by atoms with Crippen LogP contribution in [-0.4, -0.2) is 37.7 Å². The molecule has 1 saturated carbocycles. The molecule has 0 aliphatic heterocycles. The van der Waals surface area contributed by atoms with Crippen LogP contribution in [0.2, 0.25) is 0 Å². The van der Waals surface area contributed by atoms with E-state index in [9.17, 15) is 9.59 Å². The van der Waals surface area contributed by atoms with Crippen LogP contribution in [0.5, 0.6) is 11.5 Å². The van der Waals surface area contributed by atoms with Gasteiger partial charge in [0, 0.05) is 6.04 Å². The largest absolute Gasteiger partial charge is 0.493 e. The van der Waals surface area contributed by atoms with E-state index in [1.54, 1.807) is 20.1 Å². The van der Waals surface area contributed by atoms with Crippen molar-refractivity contribution in [3.63, 3.8) is 0 Å². The molecule has 0 heterocycles. The number of methoxy groups -OCH3 is 1. The van der Waals surface area contributed by atoms with Crippen molar-refractivity contribution in [1.29, 1.82) is 0 Å². The summed E-state index contributed by atoms with van der Waals surface area (Å²) in [6.07, 6.45) is 7.41. The highest BCUT2D eigenvalue weighted by molar-refractivity contribution is 5.84. The number of hydrogen-bond acceptors (Lipinski definition) is 5. The molecule has 6 heteroatoms. The highest BCUT2D eigenvalue weighted by Gasteiger charge is 2.26. The fourth-order valence-electron chi connectivity index (χ4n) is 3.35. The summed E-state index contributed by atoms with van der Waals surface area (Å²) in [5.74, 6) is 0.558. The van der Waals surface area contributed by atoms with Crippen molar-refractivity contribution in [1.82, 2.24) is 5.32 Å². The molecule has 154 valence electrons. The maximum atomic E-state index is 12.3. The van der Waals surface area contributed by atoms with Crippen molar-refractivity contribution in [2.45, 2.75) is 58.6 Å². The molecule has 28 heavy (non-hydrogen) atoms. The summed E-state index contributed by atoms with van der Waals surface area (Å²) in [4.78, 5) is 24.4. The molecule has 1 aromatic carbocycles. The van der Waals surface area contributed by atoms with E-state index < -0.39 is 12.1 Å². The average Bonchev–Trinajstić information content (AvgIpc) is 2.68. The van der Waals surface area contributed by atoms with Crippen LogP contribution in [0.25, 0.3) is 6.08 Å². The second-order valence-corrected chi connectivity index (χ2v) is 7.21. The quantitative estimate of drug-likeness (QED) is 0.686. The molecule has 1 aliphatic rings. The fraction of sp³-hybridized carbons (Fsp3) is 0.545. The van der Waals surface area contributed by atoms with Crippen molar-refractivity contribution in [3.8, 4) is 11.5 Å². The number of nitrogens with one attached hydrogen (secondary N) is 1. The molecule has 3 atom stereocenters. The Hall–Kier alpha value is -2.50. The van der Waals surface area contributed by atoms with E-state index in [1.165, 1.54) is 6.42 Å². The zero-order valence-corrected chi connectivity index (χ0v) is 17.2. The first-order valence-corrected chi connectivity index (χ1v) is 9.88. The third-order valence-corrected chi connectivity index (χ3v) is 5.01. The fourth-order valence-corrected chi connectivity index (χ4v) is 3.35. The molecule has 0 aromatic heterocycles. The average molecular weight is 389 g/mol. The maximum Gasteiger partial charge on any atom is 0.344 e. The minimum absolute atomic E-state index is 0.151. The highest BCUT2D eigenvalue weighted by Crippen LogP contribution is 2.28. The van der Waals surface area contributed by atoms with Gasteiger partial charge in [0.2, 0.25) is 0 Å². The molecule has 1 amide bonds. The zero-order chi connectivity index (χ0) is 20.5. The van der Waals surface area contributed by atoms with E-state index >= 15 is 0 Å². The molecule has 0 bridgehead atoms. The van der Waals surface area contributed by atoms with E-state index in [2.05, 4.69) is 12.2 Å². The number of allylic oxidation sites excluding steroid dienone is 1. The van der Waals surface area contributed by atoms with Gasteiger partial charge in [0.25, 0.3) is 5.91 Å². The van der Waals surface area contributed by atoms with E-state index in [0.717, 1.165) is 24.8 Å². The Bertz CT molecular complexity index is 700. The predicted molar refractivity (Wildman–Crippen MR) is 108 cm³/mol. The molecule has 6 nitrogen and oxygen atoms in total. The number of amides is 1. The van der Waals surface area contributed by atoms with E-state index in [-0.39, 0.29) is 18.6 Å². The normalized spacial score (nSPS) is 20.4. The highest BCUT2D eigenvalue weighted by atomic mass is 16.6. The first-order chi connectivity index (χ1) is 13.4. The molecule has 0 unspecified atom stereocenters. The molecule has 1 aliphatic carbocycles. The van der Waals surface area contributed by atoms with Crippen LogP contribution in [0.1, 0.15) is 52.0 Å². The number of ether oxygens (including phenoxy) is 3. The molecule has 0 spiro atoms. The lowest BCUT2D eigenvalue weighted by Gasteiger charge is -2.30. The third kappa shape index (κ3) is 6.29. The van der Waals surface area contributed by atoms with Gasteiger partial charge in [-0.25, -0.2) is 4.79 Å². The van der Waals surface area contributed by atoms with Crippen LogP contribution in [0, 0.1) is 5.92 Å². The van der Waals surface area contributed by atoms with Gasteiger partial charge in [0.05, 0.1) is 7.11 Å². The Balaban J connectivity index is 1.83. The Morgan fingerprint density at radius 1 is 1.25 bits per heavy atom. The van der Waals surface area contributed by atoms with Crippen molar-refractivity contribution < 1.29 is 23.8 Å². The number of hydrogen-bond donors (Lipinski definition) is 1.